The third-order valence-corrected chi connectivity index (χ3v) is 8.59. The van der Waals surface area contributed by atoms with E-state index in [1.54, 1.807) is 0 Å². The zero-order valence-corrected chi connectivity index (χ0v) is 21.4. The van der Waals surface area contributed by atoms with E-state index in [0.29, 0.717) is 24.5 Å². The molecule has 4 heterocycles. The van der Waals surface area contributed by atoms with Crippen LogP contribution in [-0.2, 0) is 19.4 Å². The first kappa shape index (κ1) is 22.9. The number of allylic oxidation sites excluding steroid dienone is 2. The first-order chi connectivity index (χ1) is 17.0. The fraction of sp³-hybridized carbons (Fsp3) is 0.607. The molecular formula is C28H38N6O. The average molecular weight is 475 g/mol. The molecule has 1 saturated carbocycles. The number of likely N-dealkylation sites (N-methyl/N-ethyl adjacent to an activating group) is 1. The Bertz CT molecular complexity index is 1140. The second-order valence-corrected chi connectivity index (χ2v) is 11.2. The van der Waals surface area contributed by atoms with Crippen LogP contribution in [0.3, 0.4) is 0 Å². The van der Waals surface area contributed by atoms with Crippen LogP contribution in [0.1, 0.15) is 77.5 Å². The molecule has 35 heavy (non-hydrogen) atoms. The second kappa shape index (κ2) is 9.17. The Balaban J connectivity index is 1.33. The van der Waals surface area contributed by atoms with Crippen LogP contribution in [0.5, 0.6) is 0 Å². The summed E-state index contributed by atoms with van der Waals surface area (Å²) in [5.74, 6) is 1.78. The van der Waals surface area contributed by atoms with Gasteiger partial charge in [-0.25, -0.2) is 4.98 Å². The maximum Gasteiger partial charge on any atom is 0.272 e. The number of carbonyl (C=O) groups is 1. The number of pyridine rings is 1. The molecule has 1 amide bonds. The van der Waals surface area contributed by atoms with Gasteiger partial charge in [-0.05, 0) is 77.2 Å². The SMILES string of the molecule is CN(C)C1CCCN(C(=O)c2c(CN(C)C3CCCc4cccnc43)nc3n2C2CC2C=CC3)C1. The summed E-state index contributed by atoms with van der Waals surface area (Å²) >= 11 is 0. The number of aryl methyl sites for hydroxylation is 1. The van der Waals surface area contributed by atoms with Crippen molar-refractivity contribution in [3.05, 3.63) is 59.0 Å². The highest BCUT2D eigenvalue weighted by Gasteiger charge is 2.43. The molecular weight excluding hydrogens is 436 g/mol. The van der Waals surface area contributed by atoms with Crippen molar-refractivity contribution >= 4 is 5.91 Å². The summed E-state index contributed by atoms with van der Waals surface area (Å²) in [5, 5.41) is 0. The first-order valence-corrected chi connectivity index (χ1v) is 13.4. The van der Waals surface area contributed by atoms with Crippen LogP contribution < -0.4 is 0 Å². The van der Waals surface area contributed by atoms with Gasteiger partial charge < -0.3 is 14.4 Å². The summed E-state index contributed by atoms with van der Waals surface area (Å²) in [4.78, 5) is 30.8. The number of imidazole rings is 1. The maximum absolute atomic E-state index is 14.1. The summed E-state index contributed by atoms with van der Waals surface area (Å²) in [6.07, 6.45) is 14.0. The molecule has 2 fully saturated rings. The first-order valence-electron chi connectivity index (χ1n) is 13.4. The Morgan fingerprint density at radius 3 is 2.94 bits per heavy atom. The van der Waals surface area contributed by atoms with Gasteiger partial charge in [0.1, 0.15) is 11.5 Å². The van der Waals surface area contributed by atoms with E-state index in [4.69, 9.17) is 9.97 Å². The lowest BCUT2D eigenvalue weighted by atomic mass is 9.91. The molecule has 2 aromatic heterocycles. The lowest BCUT2D eigenvalue weighted by molar-refractivity contribution is 0.0621. The standard InChI is InChI=1S/C28H38N6O/c1-31(2)21-11-7-15-33(17-21)28(35)27-22(30-25-13-5-9-20-16-24(20)34(25)27)18-32(3)23-12-4-8-19-10-6-14-29-26(19)23/h5-6,9-10,14,20-21,23-24H,4,7-8,11-13,15-18H2,1-3H3. The van der Waals surface area contributed by atoms with Gasteiger partial charge in [0.2, 0.25) is 0 Å². The van der Waals surface area contributed by atoms with Gasteiger partial charge in [-0.1, -0.05) is 18.2 Å². The monoisotopic (exact) mass is 474 g/mol. The highest BCUT2D eigenvalue weighted by atomic mass is 16.2. The Labute approximate surface area is 208 Å². The molecule has 0 aromatic carbocycles. The largest absolute Gasteiger partial charge is 0.336 e. The van der Waals surface area contributed by atoms with E-state index in [0.717, 1.165) is 68.8 Å². The quantitative estimate of drug-likeness (QED) is 0.620. The van der Waals surface area contributed by atoms with Gasteiger partial charge in [0.05, 0.1) is 17.4 Å². The van der Waals surface area contributed by atoms with Gasteiger partial charge in [-0.15, -0.1) is 0 Å². The Morgan fingerprint density at radius 2 is 2.09 bits per heavy atom. The third kappa shape index (κ3) is 4.23. The molecule has 0 N–H and O–H groups in total. The Kier molecular flexibility index (Phi) is 6.01. The number of hydrogen-bond acceptors (Lipinski definition) is 5. The van der Waals surface area contributed by atoms with E-state index in [1.165, 1.54) is 17.7 Å². The number of rotatable bonds is 5. The van der Waals surface area contributed by atoms with Crippen molar-refractivity contribution in [2.45, 2.75) is 69.6 Å². The lowest BCUT2D eigenvalue weighted by Gasteiger charge is -2.36. The number of amides is 1. The second-order valence-electron chi connectivity index (χ2n) is 11.2. The highest BCUT2D eigenvalue weighted by molar-refractivity contribution is 5.94. The molecule has 4 atom stereocenters. The molecule has 186 valence electrons. The van der Waals surface area contributed by atoms with Crippen molar-refractivity contribution in [3.63, 3.8) is 0 Å². The van der Waals surface area contributed by atoms with Crippen molar-refractivity contribution in [1.29, 1.82) is 0 Å². The van der Waals surface area contributed by atoms with E-state index < -0.39 is 0 Å². The van der Waals surface area contributed by atoms with Crippen molar-refractivity contribution < 1.29 is 4.79 Å². The third-order valence-electron chi connectivity index (χ3n) is 8.59. The molecule has 0 spiro atoms. The summed E-state index contributed by atoms with van der Waals surface area (Å²) in [6.45, 7) is 2.31. The van der Waals surface area contributed by atoms with E-state index in [9.17, 15) is 4.79 Å². The molecule has 4 unspecified atom stereocenters. The molecule has 7 heteroatoms. The number of aromatic nitrogens is 3. The van der Waals surface area contributed by atoms with Crippen molar-refractivity contribution in [2.75, 3.05) is 34.2 Å². The van der Waals surface area contributed by atoms with Crippen molar-refractivity contribution in [2.24, 2.45) is 5.92 Å². The van der Waals surface area contributed by atoms with Crippen LogP contribution in [0.4, 0.5) is 0 Å². The number of fused-ring (bicyclic) bond motifs is 4. The molecule has 4 aliphatic rings. The van der Waals surface area contributed by atoms with E-state index in [1.807, 2.05) is 12.3 Å². The van der Waals surface area contributed by atoms with Crippen LogP contribution in [0.25, 0.3) is 0 Å². The van der Waals surface area contributed by atoms with Gasteiger partial charge in [0, 0.05) is 44.3 Å². The number of likely N-dealkylation sites (tertiary alicyclic amines) is 1. The van der Waals surface area contributed by atoms with Crippen LogP contribution in [0.15, 0.2) is 30.5 Å². The Morgan fingerprint density at radius 1 is 1.20 bits per heavy atom. The van der Waals surface area contributed by atoms with Crippen molar-refractivity contribution in [1.82, 2.24) is 29.2 Å². The highest BCUT2D eigenvalue weighted by Crippen LogP contribution is 2.48. The van der Waals surface area contributed by atoms with E-state index in [2.05, 4.69) is 58.6 Å². The molecule has 2 aliphatic heterocycles. The minimum Gasteiger partial charge on any atom is -0.336 e. The summed E-state index contributed by atoms with van der Waals surface area (Å²) in [7, 11) is 6.43. The summed E-state index contributed by atoms with van der Waals surface area (Å²) in [6, 6.07) is 5.34. The van der Waals surface area contributed by atoms with Gasteiger partial charge in [0.25, 0.3) is 5.91 Å². The molecule has 2 aliphatic carbocycles. The van der Waals surface area contributed by atoms with Crippen LogP contribution in [0, 0.1) is 5.92 Å². The minimum absolute atomic E-state index is 0.174. The molecule has 1 saturated heterocycles. The molecule has 2 aromatic rings. The fourth-order valence-electron chi connectivity index (χ4n) is 6.49. The smallest absolute Gasteiger partial charge is 0.272 e. The normalized spacial score (nSPS) is 27.4. The number of piperidine rings is 1. The number of hydrogen-bond donors (Lipinski definition) is 0. The van der Waals surface area contributed by atoms with Crippen LogP contribution in [-0.4, -0.2) is 75.4 Å². The van der Waals surface area contributed by atoms with Gasteiger partial charge in [0.15, 0.2) is 0 Å². The Hall–Kier alpha value is -2.51. The lowest BCUT2D eigenvalue weighted by Crippen LogP contribution is -2.48. The van der Waals surface area contributed by atoms with E-state index in [-0.39, 0.29) is 11.9 Å². The molecule has 0 radical (unpaired) electrons. The minimum atomic E-state index is 0.174. The topological polar surface area (TPSA) is 57.5 Å². The molecule has 7 nitrogen and oxygen atoms in total. The van der Waals surface area contributed by atoms with Gasteiger partial charge in [-0.2, -0.15) is 0 Å². The maximum atomic E-state index is 14.1. The van der Waals surface area contributed by atoms with E-state index >= 15 is 0 Å². The van der Waals surface area contributed by atoms with Crippen LogP contribution in [0.2, 0.25) is 0 Å². The molecule has 0 bridgehead atoms. The van der Waals surface area contributed by atoms with Gasteiger partial charge >= 0.3 is 0 Å². The zero-order chi connectivity index (χ0) is 24.1. The number of nitrogens with zero attached hydrogens (tertiary/aromatic N) is 6. The average Bonchev–Trinajstić information content (AvgIpc) is 3.58. The number of carbonyl (C=O) groups excluding carboxylic acids is 1. The van der Waals surface area contributed by atoms with Crippen LogP contribution >= 0.6 is 0 Å². The summed E-state index contributed by atoms with van der Waals surface area (Å²) < 4.78 is 2.32. The zero-order valence-electron chi connectivity index (χ0n) is 21.4. The molecule has 6 rings (SSSR count). The predicted octanol–water partition coefficient (Wildman–Crippen LogP) is 3.63. The fourth-order valence-corrected chi connectivity index (χ4v) is 6.49. The van der Waals surface area contributed by atoms with Crippen molar-refractivity contribution in [3.8, 4) is 0 Å². The predicted molar refractivity (Wildman–Crippen MR) is 136 cm³/mol. The van der Waals surface area contributed by atoms with Gasteiger partial charge in [-0.3, -0.25) is 14.7 Å². The summed E-state index contributed by atoms with van der Waals surface area (Å²) in [5.41, 5.74) is 4.36.